The van der Waals surface area contributed by atoms with Gasteiger partial charge < -0.3 is 9.47 Å². The monoisotopic (exact) mass is 574 g/mol. The van der Waals surface area contributed by atoms with Gasteiger partial charge in [0, 0.05) is 5.56 Å². The number of ether oxygens (including phenoxy) is 2. The first kappa shape index (κ1) is 27.3. The molecule has 2 heterocycles. The second-order valence-electron chi connectivity index (χ2n) is 8.95. The summed E-state index contributed by atoms with van der Waals surface area (Å²) in [5.41, 5.74) is 2.00. The van der Waals surface area contributed by atoms with E-state index in [9.17, 15) is 14.0 Å². The summed E-state index contributed by atoms with van der Waals surface area (Å²) in [5, 5.41) is 0.179. The maximum atomic E-state index is 14.5. The van der Waals surface area contributed by atoms with Gasteiger partial charge in [-0.05, 0) is 48.4 Å². The molecule has 0 bridgehead atoms. The molecule has 1 aliphatic rings. The second kappa shape index (κ2) is 11.9. The fraction of sp³-hybridized carbons (Fsp3) is 0.129. The number of fused-ring (bicyclic) bond motifs is 1. The maximum absolute atomic E-state index is 14.5. The number of nitrogens with zero attached hydrogens (tertiary/aromatic N) is 2. The SMILES string of the molecule is C=CCOC(=O)C1=C(C)N=c2sc(=Cc3c(F)cccc3Cl)c(=O)n2C1c1ccc(OCc2ccccc2)cc1. The molecule has 1 aromatic heterocycles. The van der Waals surface area contributed by atoms with Crippen molar-refractivity contribution in [2.75, 3.05) is 6.61 Å². The molecule has 0 spiro atoms. The van der Waals surface area contributed by atoms with Crippen molar-refractivity contribution in [1.29, 1.82) is 0 Å². The van der Waals surface area contributed by atoms with Gasteiger partial charge in [-0.25, -0.2) is 14.2 Å². The molecule has 1 aliphatic heterocycles. The lowest BCUT2D eigenvalue weighted by atomic mass is 9.96. The van der Waals surface area contributed by atoms with Crippen molar-refractivity contribution >= 4 is 35.0 Å². The van der Waals surface area contributed by atoms with E-state index in [4.69, 9.17) is 21.1 Å². The molecular formula is C31H24ClFN2O4S. The van der Waals surface area contributed by atoms with Crippen molar-refractivity contribution in [1.82, 2.24) is 4.57 Å². The average molecular weight is 575 g/mol. The van der Waals surface area contributed by atoms with Crippen LogP contribution in [0.5, 0.6) is 5.75 Å². The summed E-state index contributed by atoms with van der Waals surface area (Å²) in [6, 6.07) is 20.5. The molecule has 0 fully saturated rings. The van der Waals surface area contributed by atoms with Gasteiger partial charge in [-0.2, -0.15) is 0 Å². The Morgan fingerprint density at radius 2 is 1.88 bits per heavy atom. The van der Waals surface area contributed by atoms with Crippen LogP contribution < -0.4 is 19.6 Å². The van der Waals surface area contributed by atoms with Crippen molar-refractivity contribution in [3.63, 3.8) is 0 Å². The number of benzene rings is 3. The second-order valence-corrected chi connectivity index (χ2v) is 10.4. The molecule has 0 aliphatic carbocycles. The van der Waals surface area contributed by atoms with Gasteiger partial charge in [-0.1, -0.05) is 84.1 Å². The number of carbonyl (C=O) groups is 1. The normalized spacial score (nSPS) is 14.9. The van der Waals surface area contributed by atoms with Gasteiger partial charge in [-0.3, -0.25) is 9.36 Å². The summed E-state index contributed by atoms with van der Waals surface area (Å²) in [7, 11) is 0. The molecule has 0 N–H and O–H groups in total. The number of thiazole rings is 1. The smallest absolute Gasteiger partial charge is 0.338 e. The van der Waals surface area contributed by atoms with Crippen LogP contribution >= 0.6 is 22.9 Å². The van der Waals surface area contributed by atoms with Gasteiger partial charge in [0.25, 0.3) is 5.56 Å². The lowest BCUT2D eigenvalue weighted by Crippen LogP contribution is -2.40. The number of hydrogen-bond acceptors (Lipinski definition) is 6. The van der Waals surface area contributed by atoms with E-state index < -0.39 is 23.4 Å². The van der Waals surface area contributed by atoms with Crippen LogP contribution in [-0.4, -0.2) is 17.1 Å². The molecule has 40 heavy (non-hydrogen) atoms. The summed E-state index contributed by atoms with van der Waals surface area (Å²) < 4.78 is 27.5. The average Bonchev–Trinajstić information content (AvgIpc) is 3.26. The van der Waals surface area contributed by atoms with E-state index in [1.54, 1.807) is 37.3 Å². The fourth-order valence-corrected chi connectivity index (χ4v) is 5.62. The maximum Gasteiger partial charge on any atom is 0.338 e. The third kappa shape index (κ3) is 5.54. The van der Waals surface area contributed by atoms with Gasteiger partial charge in [0.15, 0.2) is 4.80 Å². The predicted molar refractivity (Wildman–Crippen MR) is 154 cm³/mol. The standard InChI is InChI=1S/C31H24ClFN2O4S/c1-3-16-38-30(37)27-19(2)34-31-35(29(36)26(40-31)17-23-24(32)10-7-11-25(23)33)28(27)21-12-14-22(15-13-21)39-18-20-8-5-4-6-9-20/h3-15,17,28H,1,16,18H2,2H3. The van der Waals surface area contributed by atoms with Gasteiger partial charge in [0.2, 0.25) is 0 Å². The lowest BCUT2D eigenvalue weighted by Gasteiger charge is -2.24. The minimum absolute atomic E-state index is 0.00476. The Bertz CT molecular complexity index is 1770. The lowest BCUT2D eigenvalue weighted by molar-refractivity contribution is -0.138. The molecule has 0 radical (unpaired) electrons. The molecule has 0 amide bonds. The number of allylic oxidation sites excluding steroid dienone is 1. The zero-order valence-corrected chi connectivity index (χ0v) is 23.0. The topological polar surface area (TPSA) is 69.9 Å². The number of carbonyl (C=O) groups excluding carboxylic acids is 1. The van der Waals surface area contributed by atoms with Crippen molar-refractivity contribution in [2.45, 2.75) is 19.6 Å². The third-order valence-corrected chi connectivity index (χ3v) is 7.61. The summed E-state index contributed by atoms with van der Waals surface area (Å²) in [5.74, 6) is -0.529. The molecule has 202 valence electrons. The number of hydrogen-bond donors (Lipinski definition) is 0. The van der Waals surface area contributed by atoms with Gasteiger partial charge in [-0.15, -0.1) is 0 Å². The van der Waals surface area contributed by atoms with E-state index in [2.05, 4.69) is 11.6 Å². The zero-order chi connectivity index (χ0) is 28.2. The minimum Gasteiger partial charge on any atom is -0.489 e. The summed E-state index contributed by atoms with van der Waals surface area (Å²) in [6.45, 7) is 5.70. The van der Waals surface area contributed by atoms with Crippen LogP contribution in [0.25, 0.3) is 6.08 Å². The van der Waals surface area contributed by atoms with Crippen molar-refractivity contribution < 1.29 is 18.7 Å². The molecule has 1 atom stereocenters. The van der Waals surface area contributed by atoms with Crippen molar-refractivity contribution in [3.05, 3.63) is 144 Å². The Hall–Kier alpha value is -4.27. The highest BCUT2D eigenvalue weighted by Gasteiger charge is 2.33. The number of aromatic nitrogens is 1. The van der Waals surface area contributed by atoms with Crippen LogP contribution in [0, 0.1) is 5.82 Å². The largest absolute Gasteiger partial charge is 0.489 e. The molecule has 5 rings (SSSR count). The first-order valence-electron chi connectivity index (χ1n) is 12.4. The van der Waals surface area contributed by atoms with E-state index in [0.717, 1.165) is 16.9 Å². The molecule has 0 saturated carbocycles. The quantitative estimate of drug-likeness (QED) is 0.211. The van der Waals surface area contributed by atoms with Crippen LogP contribution in [0.2, 0.25) is 5.02 Å². The van der Waals surface area contributed by atoms with E-state index in [0.29, 0.717) is 28.4 Å². The van der Waals surface area contributed by atoms with E-state index in [1.807, 2.05) is 30.3 Å². The van der Waals surface area contributed by atoms with Crippen molar-refractivity contribution in [3.8, 4) is 5.75 Å². The van der Waals surface area contributed by atoms with Gasteiger partial charge >= 0.3 is 5.97 Å². The van der Waals surface area contributed by atoms with E-state index in [-0.39, 0.29) is 27.3 Å². The Balaban J connectivity index is 1.59. The molecule has 1 unspecified atom stereocenters. The highest BCUT2D eigenvalue weighted by Crippen LogP contribution is 2.32. The van der Waals surface area contributed by atoms with Crippen LogP contribution in [0.4, 0.5) is 4.39 Å². The Morgan fingerprint density at radius 3 is 2.58 bits per heavy atom. The zero-order valence-electron chi connectivity index (χ0n) is 21.5. The Labute approximate surface area is 238 Å². The van der Waals surface area contributed by atoms with Crippen LogP contribution in [0.1, 0.15) is 29.7 Å². The summed E-state index contributed by atoms with van der Waals surface area (Å²) >= 11 is 7.30. The first-order chi connectivity index (χ1) is 19.4. The third-order valence-electron chi connectivity index (χ3n) is 6.29. The fourth-order valence-electron chi connectivity index (χ4n) is 4.38. The van der Waals surface area contributed by atoms with Crippen molar-refractivity contribution in [2.24, 2.45) is 4.99 Å². The van der Waals surface area contributed by atoms with Gasteiger partial charge in [0.05, 0.1) is 26.9 Å². The number of rotatable bonds is 8. The predicted octanol–water partition coefficient (Wildman–Crippen LogP) is 5.34. The number of halogens is 2. The van der Waals surface area contributed by atoms with Crippen LogP contribution in [0.3, 0.4) is 0 Å². The van der Waals surface area contributed by atoms with Gasteiger partial charge in [0.1, 0.15) is 24.8 Å². The summed E-state index contributed by atoms with van der Waals surface area (Å²) in [4.78, 5) is 31.8. The van der Waals surface area contributed by atoms with E-state index in [1.165, 1.54) is 28.9 Å². The molecule has 9 heteroatoms. The molecule has 6 nitrogen and oxygen atoms in total. The number of esters is 1. The molecule has 0 saturated heterocycles. The highest BCUT2D eigenvalue weighted by molar-refractivity contribution is 7.07. The minimum atomic E-state index is -0.824. The molecule has 4 aromatic rings. The summed E-state index contributed by atoms with van der Waals surface area (Å²) in [6.07, 6.45) is 2.88. The van der Waals surface area contributed by atoms with E-state index >= 15 is 0 Å². The van der Waals surface area contributed by atoms with Crippen LogP contribution in [-0.2, 0) is 16.1 Å². The van der Waals surface area contributed by atoms with Crippen LogP contribution in [0.15, 0.2) is 107 Å². The Morgan fingerprint density at radius 1 is 1.12 bits per heavy atom. The molecule has 3 aromatic carbocycles. The highest BCUT2D eigenvalue weighted by atomic mass is 35.5. The Kier molecular flexibility index (Phi) is 8.09. The molecular weight excluding hydrogens is 551 g/mol. The first-order valence-corrected chi connectivity index (χ1v) is 13.6.